The SMILES string of the molecule is CC[C@]1(c2cccc(Cl)c2)NC(=O)N(C[NH+](C)Cc2cccc(F)c2)C1=O. The lowest BCUT2D eigenvalue weighted by molar-refractivity contribution is -0.901. The van der Waals surface area contributed by atoms with Gasteiger partial charge in [-0.2, -0.15) is 0 Å². The van der Waals surface area contributed by atoms with Gasteiger partial charge in [0.25, 0.3) is 5.91 Å². The molecule has 1 saturated heterocycles. The number of nitrogens with one attached hydrogen (secondary N) is 2. The minimum Gasteiger partial charge on any atom is -0.319 e. The molecule has 7 heteroatoms. The van der Waals surface area contributed by atoms with E-state index in [0.717, 1.165) is 10.5 Å². The molecule has 1 fully saturated rings. The zero-order valence-corrected chi connectivity index (χ0v) is 16.0. The lowest BCUT2D eigenvalue weighted by atomic mass is 9.87. The van der Waals surface area contributed by atoms with Crippen LogP contribution in [0.2, 0.25) is 5.02 Å². The number of nitrogens with zero attached hydrogens (tertiary/aromatic N) is 1. The van der Waals surface area contributed by atoms with Crippen LogP contribution in [0.1, 0.15) is 24.5 Å². The highest BCUT2D eigenvalue weighted by molar-refractivity contribution is 6.30. The molecule has 1 heterocycles. The van der Waals surface area contributed by atoms with E-state index < -0.39 is 11.6 Å². The summed E-state index contributed by atoms with van der Waals surface area (Å²) in [5.74, 6) is -0.600. The number of quaternary nitrogens is 1. The summed E-state index contributed by atoms with van der Waals surface area (Å²) in [6.45, 7) is 2.53. The predicted molar refractivity (Wildman–Crippen MR) is 101 cm³/mol. The molecule has 3 rings (SSSR count). The van der Waals surface area contributed by atoms with Crippen LogP contribution in [0.25, 0.3) is 0 Å². The van der Waals surface area contributed by atoms with Crippen LogP contribution in [-0.4, -0.2) is 30.6 Å². The van der Waals surface area contributed by atoms with Crippen LogP contribution in [0.5, 0.6) is 0 Å². The molecule has 3 amide bonds. The molecule has 142 valence electrons. The van der Waals surface area contributed by atoms with Gasteiger partial charge in [-0.1, -0.05) is 42.8 Å². The first-order valence-electron chi connectivity index (χ1n) is 8.81. The minimum absolute atomic E-state index is 0.184. The van der Waals surface area contributed by atoms with E-state index in [-0.39, 0.29) is 18.4 Å². The predicted octanol–water partition coefficient (Wildman–Crippen LogP) is 2.31. The zero-order chi connectivity index (χ0) is 19.6. The highest BCUT2D eigenvalue weighted by Gasteiger charge is 2.52. The number of carbonyl (C=O) groups is 2. The molecule has 0 radical (unpaired) electrons. The smallest absolute Gasteiger partial charge is 0.319 e. The van der Waals surface area contributed by atoms with Gasteiger partial charge in [-0.05, 0) is 36.2 Å². The number of hydrogen-bond donors (Lipinski definition) is 2. The van der Waals surface area contributed by atoms with Crippen molar-refractivity contribution in [2.24, 2.45) is 0 Å². The molecule has 2 N–H and O–H groups in total. The molecular formula is C20H22ClFN3O2+. The van der Waals surface area contributed by atoms with Crippen LogP contribution in [0, 0.1) is 5.82 Å². The molecule has 0 bridgehead atoms. The Kier molecular flexibility index (Phi) is 5.48. The second kappa shape index (κ2) is 7.66. The van der Waals surface area contributed by atoms with Gasteiger partial charge in [0.05, 0.1) is 7.05 Å². The largest absolute Gasteiger partial charge is 0.329 e. The maximum atomic E-state index is 13.4. The summed E-state index contributed by atoms with van der Waals surface area (Å²) < 4.78 is 13.4. The first-order valence-corrected chi connectivity index (χ1v) is 9.19. The standard InChI is InChI=1S/C20H21ClFN3O2/c1-3-20(15-7-5-8-16(21)11-15)18(26)25(19(27)23-20)13-24(2)12-14-6-4-9-17(22)10-14/h4-11H,3,12-13H2,1-2H3,(H,23,27)/p+1/t20-/m1/s1. The number of amides is 3. The van der Waals surface area contributed by atoms with Crippen LogP contribution in [0.3, 0.4) is 0 Å². The summed E-state index contributed by atoms with van der Waals surface area (Å²) in [5.41, 5.74) is 0.360. The molecule has 1 aliphatic heterocycles. The molecule has 2 atom stereocenters. The average Bonchev–Trinajstić information content (AvgIpc) is 2.87. The highest BCUT2D eigenvalue weighted by atomic mass is 35.5. The number of halogens is 2. The fourth-order valence-electron chi connectivity index (χ4n) is 3.48. The van der Waals surface area contributed by atoms with Crippen molar-refractivity contribution in [2.75, 3.05) is 13.7 Å². The van der Waals surface area contributed by atoms with Crippen molar-refractivity contribution in [3.63, 3.8) is 0 Å². The van der Waals surface area contributed by atoms with Crippen molar-refractivity contribution in [3.05, 3.63) is 70.5 Å². The van der Waals surface area contributed by atoms with Crippen molar-refractivity contribution in [1.29, 1.82) is 0 Å². The van der Waals surface area contributed by atoms with E-state index in [1.807, 2.05) is 20.0 Å². The Bertz CT molecular complexity index is 876. The molecule has 5 nitrogen and oxygen atoms in total. The Morgan fingerprint density at radius 1 is 1.19 bits per heavy atom. The molecule has 1 aliphatic rings. The minimum atomic E-state index is -1.11. The van der Waals surface area contributed by atoms with Gasteiger partial charge in [0.15, 0.2) is 6.67 Å². The first kappa shape index (κ1) is 19.3. The Hall–Kier alpha value is -2.44. The van der Waals surface area contributed by atoms with Crippen molar-refractivity contribution >= 4 is 23.5 Å². The maximum Gasteiger partial charge on any atom is 0.329 e. The molecule has 0 aromatic heterocycles. The van der Waals surface area contributed by atoms with Gasteiger partial charge in [-0.25, -0.2) is 14.1 Å². The topological polar surface area (TPSA) is 53.9 Å². The van der Waals surface area contributed by atoms with E-state index in [2.05, 4.69) is 5.32 Å². The van der Waals surface area contributed by atoms with Crippen molar-refractivity contribution in [1.82, 2.24) is 10.2 Å². The van der Waals surface area contributed by atoms with Crippen molar-refractivity contribution < 1.29 is 18.9 Å². The second-order valence-electron chi connectivity index (χ2n) is 6.85. The van der Waals surface area contributed by atoms with Gasteiger partial charge in [0.2, 0.25) is 0 Å². The van der Waals surface area contributed by atoms with Gasteiger partial charge in [0, 0.05) is 10.6 Å². The summed E-state index contributed by atoms with van der Waals surface area (Å²) in [5, 5.41) is 3.35. The van der Waals surface area contributed by atoms with Crippen molar-refractivity contribution in [3.8, 4) is 0 Å². The van der Waals surface area contributed by atoms with Gasteiger partial charge in [-0.15, -0.1) is 0 Å². The van der Waals surface area contributed by atoms with E-state index in [1.165, 1.54) is 17.0 Å². The Labute approximate surface area is 162 Å². The van der Waals surface area contributed by atoms with E-state index >= 15 is 0 Å². The number of benzene rings is 2. The van der Waals surface area contributed by atoms with Gasteiger partial charge < -0.3 is 10.2 Å². The lowest BCUT2D eigenvalue weighted by Gasteiger charge is -2.26. The number of carbonyl (C=O) groups excluding carboxylic acids is 2. The molecule has 2 aromatic rings. The van der Waals surface area contributed by atoms with Crippen LogP contribution in [-0.2, 0) is 16.9 Å². The zero-order valence-electron chi connectivity index (χ0n) is 15.3. The Morgan fingerprint density at radius 3 is 2.59 bits per heavy atom. The first-order chi connectivity index (χ1) is 12.9. The third kappa shape index (κ3) is 3.82. The molecule has 0 saturated carbocycles. The van der Waals surface area contributed by atoms with Crippen LogP contribution in [0.15, 0.2) is 48.5 Å². The summed E-state index contributed by atoms with van der Waals surface area (Å²) >= 11 is 6.08. The van der Waals surface area contributed by atoms with E-state index in [9.17, 15) is 14.0 Å². The molecule has 0 spiro atoms. The number of imide groups is 1. The Morgan fingerprint density at radius 2 is 1.93 bits per heavy atom. The van der Waals surface area contributed by atoms with E-state index in [4.69, 9.17) is 11.6 Å². The molecular weight excluding hydrogens is 369 g/mol. The molecule has 27 heavy (non-hydrogen) atoms. The normalized spacial score (nSPS) is 20.7. The van der Waals surface area contributed by atoms with Crippen LogP contribution in [0.4, 0.5) is 9.18 Å². The van der Waals surface area contributed by atoms with Crippen LogP contribution < -0.4 is 10.2 Å². The van der Waals surface area contributed by atoms with Gasteiger partial charge in [0.1, 0.15) is 17.9 Å². The summed E-state index contributed by atoms with van der Waals surface area (Å²) in [6.07, 6.45) is 0.414. The van der Waals surface area contributed by atoms with Gasteiger partial charge >= 0.3 is 6.03 Å². The van der Waals surface area contributed by atoms with Crippen LogP contribution >= 0.6 is 11.6 Å². The van der Waals surface area contributed by atoms with E-state index in [1.54, 1.807) is 30.3 Å². The molecule has 0 aliphatic carbocycles. The summed E-state index contributed by atoms with van der Waals surface area (Å²) in [7, 11) is 1.86. The Balaban J connectivity index is 1.79. The molecule has 1 unspecified atom stereocenters. The van der Waals surface area contributed by atoms with Gasteiger partial charge in [-0.3, -0.25) is 4.79 Å². The fourth-order valence-corrected chi connectivity index (χ4v) is 3.67. The third-order valence-electron chi connectivity index (χ3n) is 4.85. The quantitative estimate of drug-likeness (QED) is 0.744. The number of urea groups is 1. The number of hydrogen-bond acceptors (Lipinski definition) is 2. The summed E-state index contributed by atoms with van der Waals surface area (Å²) in [4.78, 5) is 27.8. The lowest BCUT2D eigenvalue weighted by Crippen LogP contribution is -3.09. The molecule has 2 aromatic carbocycles. The van der Waals surface area contributed by atoms with Crippen molar-refractivity contribution in [2.45, 2.75) is 25.4 Å². The second-order valence-corrected chi connectivity index (χ2v) is 7.29. The average molecular weight is 391 g/mol. The third-order valence-corrected chi connectivity index (χ3v) is 5.08. The maximum absolute atomic E-state index is 13.4. The van der Waals surface area contributed by atoms with E-state index in [0.29, 0.717) is 23.6 Å². The summed E-state index contributed by atoms with van der Waals surface area (Å²) in [6, 6.07) is 12.9. The monoisotopic (exact) mass is 390 g/mol. The fraction of sp³-hybridized carbons (Fsp3) is 0.300. The highest BCUT2D eigenvalue weighted by Crippen LogP contribution is 2.33. The number of rotatable bonds is 6.